The Morgan fingerprint density at radius 3 is 2.08 bits per heavy atom. The SMILES string of the molecule is Cn1c(C2CCNCC2)nc(-c2ccccc2)c1-c1ccccc1. The van der Waals surface area contributed by atoms with E-state index < -0.39 is 0 Å². The van der Waals surface area contributed by atoms with Crippen molar-refractivity contribution in [3.63, 3.8) is 0 Å². The zero-order valence-corrected chi connectivity index (χ0v) is 14.1. The van der Waals surface area contributed by atoms with E-state index in [1.807, 2.05) is 0 Å². The lowest BCUT2D eigenvalue weighted by Gasteiger charge is -2.22. The lowest BCUT2D eigenvalue weighted by Crippen LogP contribution is -2.27. The number of nitrogens with one attached hydrogen (secondary N) is 1. The molecule has 1 aliphatic rings. The van der Waals surface area contributed by atoms with E-state index >= 15 is 0 Å². The maximum Gasteiger partial charge on any atom is 0.112 e. The molecule has 0 saturated carbocycles. The van der Waals surface area contributed by atoms with Gasteiger partial charge < -0.3 is 9.88 Å². The van der Waals surface area contributed by atoms with E-state index in [4.69, 9.17) is 4.98 Å². The van der Waals surface area contributed by atoms with E-state index in [-0.39, 0.29) is 0 Å². The zero-order chi connectivity index (χ0) is 16.4. The van der Waals surface area contributed by atoms with Crippen molar-refractivity contribution in [1.82, 2.24) is 14.9 Å². The van der Waals surface area contributed by atoms with Gasteiger partial charge in [0.1, 0.15) is 5.82 Å². The van der Waals surface area contributed by atoms with Crippen LogP contribution in [0.1, 0.15) is 24.6 Å². The van der Waals surface area contributed by atoms with Crippen LogP contribution < -0.4 is 5.32 Å². The molecular formula is C21H23N3. The fourth-order valence-corrected chi connectivity index (χ4v) is 3.68. The standard InChI is InChI=1S/C21H23N3/c1-24-20(17-10-6-3-7-11-17)19(16-8-4-2-5-9-16)23-21(24)18-12-14-22-15-13-18/h2-11,18,22H,12-15H2,1H3. The van der Waals surface area contributed by atoms with Crippen molar-refractivity contribution < 1.29 is 0 Å². The van der Waals surface area contributed by atoms with Crippen LogP contribution in [0.4, 0.5) is 0 Å². The fraction of sp³-hybridized carbons (Fsp3) is 0.286. The molecule has 24 heavy (non-hydrogen) atoms. The topological polar surface area (TPSA) is 29.9 Å². The van der Waals surface area contributed by atoms with E-state index in [1.165, 1.54) is 22.6 Å². The van der Waals surface area contributed by atoms with Gasteiger partial charge >= 0.3 is 0 Å². The average Bonchev–Trinajstić information content (AvgIpc) is 3.01. The van der Waals surface area contributed by atoms with Gasteiger partial charge in [-0.1, -0.05) is 60.7 Å². The van der Waals surface area contributed by atoms with Gasteiger partial charge in [0.05, 0.1) is 11.4 Å². The van der Waals surface area contributed by atoms with Gasteiger partial charge in [-0.3, -0.25) is 0 Å². The molecule has 0 aliphatic carbocycles. The molecule has 2 aromatic carbocycles. The summed E-state index contributed by atoms with van der Waals surface area (Å²) in [5, 5.41) is 3.45. The highest BCUT2D eigenvalue weighted by Gasteiger charge is 2.24. The minimum absolute atomic E-state index is 0.538. The molecule has 1 fully saturated rings. The minimum Gasteiger partial charge on any atom is -0.330 e. The predicted octanol–water partition coefficient (Wildman–Crippen LogP) is 4.22. The molecule has 0 atom stereocenters. The Kier molecular flexibility index (Phi) is 4.18. The molecule has 1 aromatic heterocycles. The van der Waals surface area contributed by atoms with Crippen LogP contribution in [0, 0.1) is 0 Å². The Labute approximate surface area is 143 Å². The Morgan fingerprint density at radius 2 is 1.46 bits per heavy atom. The van der Waals surface area contributed by atoms with Gasteiger partial charge in [-0.25, -0.2) is 4.98 Å². The molecule has 0 amide bonds. The summed E-state index contributed by atoms with van der Waals surface area (Å²) in [4.78, 5) is 5.12. The van der Waals surface area contributed by atoms with Crippen LogP contribution in [0.3, 0.4) is 0 Å². The molecule has 1 aliphatic heterocycles. The number of hydrogen-bond donors (Lipinski definition) is 1. The van der Waals surface area contributed by atoms with Gasteiger partial charge in [0.15, 0.2) is 0 Å². The summed E-state index contributed by atoms with van der Waals surface area (Å²) >= 11 is 0. The molecule has 3 nitrogen and oxygen atoms in total. The summed E-state index contributed by atoms with van der Waals surface area (Å²) in [5.74, 6) is 1.75. The summed E-state index contributed by atoms with van der Waals surface area (Å²) in [6, 6.07) is 21.2. The highest BCUT2D eigenvalue weighted by Crippen LogP contribution is 2.36. The zero-order valence-electron chi connectivity index (χ0n) is 14.1. The first-order valence-electron chi connectivity index (χ1n) is 8.73. The van der Waals surface area contributed by atoms with Gasteiger partial charge in [0.25, 0.3) is 0 Å². The van der Waals surface area contributed by atoms with Crippen LogP contribution in [0.5, 0.6) is 0 Å². The number of piperidine rings is 1. The lowest BCUT2D eigenvalue weighted by atomic mass is 9.97. The minimum atomic E-state index is 0.538. The molecular weight excluding hydrogens is 294 g/mol. The third-order valence-corrected chi connectivity index (χ3v) is 4.93. The maximum atomic E-state index is 5.12. The molecule has 3 aromatic rings. The van der Waals surface area contributed by atoms with Crippen LogP contribution in [-0.4, -0.2) is 22.6 Å². The van der Waals surface area contributed by atoms with E-state index in [0.29, 0.717) is 5.92 Å². The van der Waals surface area contributed by atoms with E-state index in [0.717, 1.165) is 31.6 Å². The van der Waals surface area contributed by atoms with Crippen LogP contribution in [-0.2, 0) is 7.05 Å². The summed E-state index contributed by atoms with van der Waals surface area (Å²) in [7, 11) is 2.17. The Bertz CT molecular complexity index is 800. The second-order valence-electron chi connectivity index (χ2n) is 6.48. The smallest absolute Gasteiger partial charge is 0.112 e. The molecule has 0 unspecified atom stereocenters. The van der Waals surface area contributed by atoms with Crippen molar-refractivity contribution in [2.75, 3.05) is 13.1 Å². The van der Waals surface area contributed by atoms with Crippen molar-refractivity contribution in [2.24, 2.45) is 7.05 Å². The third kappa shape index (κ3) is 2.76. The number of aromatic nitrogens is 2. The highest BCUT2D eigenvalue weighted by atomic mass is 15.1. The molecule has 3 heteroatoms. The first-order chi connectivity index (χ1) is 11.8. The van der Waals surface area contributed by atoms with Gasteiger partial charge in [0.2, 0.25) is 0 Å². The Balaban J connectivity index is 1.88. The van der Waals surface area contributed by atoms with Gasteiger partial charge in [-0.15, -0.1) is 0 Å². The highest BCUT2D eigenvalue weighted by molar-refractivity contribution is 5.79. The van der Waals surface area contributed by atoms with Gasteiger partial charge in [-0.05, 0) is 25.9 Å². The molecule has 4 rings (SSSR count). The van der Waals surface area contributed by atoms with Gasteiger partial charge in [-0.2, -0.15) is 0 Å². The molecule has 0 spiro atoms. The quantitative estimate of drug-likeness (QED) is 0.784. The summed E-state index contributed by atoms with van der Waals surface area (Å²) in [5.41, 5.74) is 4.73. The molecule has 1 N–H and O–H groups in total. The Morgan fingerprint density at radius 1 is 0.875 bits per heavy atom. The first kappa shape index (κ1) is 15.2. The normalized spacial score (nSPS) is 15.5. The monoisotopic (exact) mass is 317 g/mol. The number of benzene rings is 2. The number of nitrogens with zero attached hydrogens (tertiary/aromatic N) is 2. The van der Waals surface area contributed by atoms with Crippen molar-refractivity contribution in [2.45, 2.75) is 18.8 Å². The molecule has 2 heterocycles. The summed E-state index contributed by atoms with van der Waals surface area (Å²) in [6.07, 6.45) is 2.32. The third-order valence-electron chi connectivity index (χ3n) is 4.93. The maximum absolute atomic E-state index is 5.12. The second-order valence-corrected chi connectivity index (χ2v) is 6.48. The van der Waals surface area contributed by atoms with E-state index in [9.17, 15) is 0 Å². The second kappa shape index (κ2) is 6.62. The summed E-state index contributed by atoms with van der Waals surface area (Å²) < 4.78 is 2.31. The van der Waals surface area contributed by atoms with Crippen LogP contribution in [0.2, 0.25) is 0 Å². The lowest BCUT2D eigenvalue weighted by molar-refractivity contribution is 0.438. The van der Waals surface area contributed by atoms with Crippen molar-refractivity contribution in [1.29, 1.82) is 0 Å². The summed E-state index contributed by atoms with van der Waals surface area (Å²) in [6.45, 7) is 2.16. The molecule has 1 saturated heterocycles. The van der Waals surface area contributed by atoms with E-state index in [1.54, 1.807) is 0 Å². The largest absolute Gasteiger partial charge is 0.330 e. The first-order valence-corrected chi connectivity index (χ1v) is 8.73. The van der Waals surface area contributed by atoms with Crippen LogP contribution >= 0.6 is 0 Å². The Hall–Kier alpha value is -2.39. The number of hydrogen-bond acceptors (Lipinski definition) is 2. The van der Waals surface area contributed by atoms with Gasteiger partial charge in [0, 0.05) is 24.1 Å². The molecule has 0 radical (unpaired) electrons. The van der Waals surface area contributed by atoms with Crippen molar-refractivity contribution in [3.8, 4) is 22.5 Å². The predicted molar refractivity (Wildman–Crippen MR) is 98.9 cm³/mol. The molecule has 0 bridgehead atoms. The number of rotatable bonds is 3. The average molecular weight is 317 g/mol. The fourth-order valence-electron chi connectivity index (χ4n) is 3.68. The van der Waals surface area contributed by atoms with E-state index in [2.05, 4.69) is 77.6 Å². The van der Waals surface area contributed by atoms with Crippen molar-refractivity contribution >= 4 is 0 Å². The van der Waals surface area contributed by atoms with Crippen LogP contribution in [0.15, 0.2) is 60.7 Å². The van der Waals surface area contributed by atoms with Crippen LogP contribution in [0.25, 0.3) is 22.5 Å². The molecule has 122 valence electrons. The van der Waals surface area contributed by atoms with Crippen molar-refractivity contribution in [3.05, 3.63) is 66.5 Å². The number of imidazole rings is 1.